The topological polar surface area (TPSA) is 54.4 Å². The summed E-state index contributed by atoms with van der Waals surface area (Å²) >= 11 is 0. The largest absolute Gasteiger partial charge is 0.481 e. The van der Waals surface area contributed by atoms with E-state index in [1.54, 1.807) is 13.2 Å². The molecule has 4 nitrogen and oxygen atoms in total. The average molecular weight is 208 g/mol. The third kappa shape index (κ3) is 2.04. The second-order valence-electron chi connectivity index (χ2n) is 3.98. The van der Waals surface area contributed by atoms with Crippen molar-refractivity contribution in [3.05, 3.63) is 18.2 Å². The van der Waals surface area contributed by atoms with Crippen LogP contribution in [0.1, 0.15) is 19.3 Å². The zero-order valence-corrected chi connectivity index (χ0v) is 8.86. The van der Waals surface area contributed by atoms with E-state index in [9.17, 15) is 5.11 Å². The number of aliphatic hydroxyl groups excluding tert-OH is 1. The Bertz CT molecular complexity index is 332. The van der Waals surface area contributed by atoms with E-state index in [0.717, 1.165) is 25.1 Å². The fourth-order valence-electron chi connectivity index (χ4n) is 1.80. The van der Waals surface area contributed by atoms with Gasteiger partial charge >= 0.3 is 0 Å². The molecular weight excluding hydrogens is 192 g/mol. The van der Waals surface area contributed by atoms with E-state index in [4.69, 9.17) is 4.74 Å². The van der Waals surface area contributed by atoms with Crippen LogP contribution in [-0.4, -0.2) is 29.3 Å². The molecule has 1 aliphatic carbocycles. The van der Waals surface area contributed by atoms with E-state index in [2.05, 4.69) is 10.3 Å². The van der Waals surface area contributed by atoms with Crippen LogP contribution in [0, 0.1) is 0 Å². The SMILES string of the molecule is COc1cccc(NC2(CO)CCC2)n1. The van der Waals surface area contributed by atoms with Gasteiger partial charge in [-0.15, -0.1) is 0 Å². The minimum atomic E-state index is -0.153. The number of aromatic nitrogens is 1. The van der Waals surface area contributed by atoms with Gasteiger partial charge in [-0.3, -0.25) is 0 Å². The maximum atomic E-state index is 9.30. The number of anilines is 1. The Kier molecular flexibility index (Phi) is 2.77. The number of rotatable bonds is 4. The zero-order chi connectivity index (χ0) is 10.7. The molecular formula is C11H16N2O2. The first-order valence-corrected chi connectivity index (χ1v) is 5.18. The van der Waals surface area contributed by atoms with Gasteiger partial charge < -0.3 is 15.2 Å². The zero-order valence-electron chi connectivity index (χ0n) is 8.86. The summed E-state index contributed by atoms with van der Waals surface area (Å²) in [5, 5.41) is 12.6. The minimum Gasteiger partial charge on any atom is -0.481 e. The van der Waals surface area contributed by atoms with E-state index < -0.39 is 0 Å². The monoisotopic (exact) mass is 208 g/mol. The van der Waals surface area contributed by atoms with Crippen LogP contribution < -0.4 is 10.1 Å². The number of methoxy groups -OCH3 is 1. The molecule has 0 bridgehead atoms. The molecule has 15 heavy (non-hydrogen) atoms. The maximum Gasteiger partial charge on any atom is 0.214 e. The van der Waals surface area contributed by atoms with Crippen LogP contribution in [0.25, 0.3) is 0 Å². The number of hydrogen-bond donors (Lipinski definition) is 2. The van der Waals surface area contributed by atoms with Crippen LogP contribution >= 0.6 is 0 Å². The van der Waals surface area contributed by atoms with Crippen molar-refractivity contribution in [1.29, 1.82) is 0 Å². The Balaban J connectivity index is 2.09. The number of hydrogen-bond acceptors (Lipinski definition) is 4. The lowest BCUT2D eigenvalue weighted by atomic mass is 9.77. The van der Waals surface area contributed by atoms with Crippen LogP contribution in [0.3, 0.4) is 0 Å². The number of nitrogens with one attached hydrogen (secondary N) is 1. The van der Waals surface area contributed by atoms with Gasteiger partial charge in [0.15, 0.2) is 0 Å². The summed E-state index contributed by atoms with van der Waals surface area (Å²) in [7, 11) is 1.59. The average Bonchev–Trinajstić information content (AvgIpc) is 2.24. The molecule has 4 heteroatoms. The third-order valence-corrected chi connectivity index (χ3v) is 2.94. The highest BCUT2D eigenvalue weighted by Crippen LogP contribution is 2.34. The van der Waals surface area contributed by atoms with Crippen LogP contribution in [0.5, 0.6) is 5.88 Å². The molecule has 1 fully saturated rings. The molecule has 0 aliphatic heterocycles. The van der Waals surface area contributed by atoms with Gasteiger partial charge in [-0.05, 0) is 25.3 Å². The van der Waals surface area contributed by atoms with Gasteiger partial charge in [-0.25, -0.2) is 0 Å². The highest BCUT2D eigenvalue weighted by Gasteiger charge is 2.36. The lowest BCUT2D eigenvalue weighted by Crippen LogP contribution is -2.48. The summed E-state index contributed by atoms with van der Waals surface area (Å²) in [5.74, 6) is 1.36. The highest BCUT2D eigenvalue weighted by molar-refractivity contribution is 5.41. The Morgan fingerprint density at radius 2 is 2.33 bits per heavy atom. The predicted octanol–water partition coefficient (Wildman–Crippen LogP) is 1.42. The second kappa shape index (κ2) is 4.06. The van der Waals surface area contributed by atoms with Crippen LogP contribution in [0.2, 0.25) is 0 Å². The molecule has 2 N–H and O–H groups in total. The molecule has 1 aromatic rings. The van der Waals surface area contributed by atoms with Crippen molar-refractivity contribution in [3.63, 3.8) is 0 Å². The molecule has 1 saturated carbocycles. The normalized spacial score (nSPS) is 18.0. The van der Waals surface area contributed by atoms with Crippen LogP contribution in [0.15, 0.2) is 18.2 Å². The number of ether oxygens (including phenoxy) is 1. The Hall–Kier alpha value is -1.29. The molecule has 82 valence electrons. The van der Waals surface area contributed by atoms with Gasteiger partial charge in [-0.1, -0.05) is 6.07 Å². The van der Waals surface area contributed by atoms with E-state index in [1.165, 1.54) is 0 Å². The molecule has 0 radical (unpaired) electrons. The highest BCUT2D eigenvalue weighted by atomic mass is 16.5. The molecule has 0 aromatic carbocycles. The molecule has 1 aliphatic rings. The van der Waals surface area contributed by atoms with Crippen molar-refractivity contribution in [3.8, 4) is 5.88 Å². The van der Waals surface area contributed by atoms with Crippen LogP contribution in [0.4, 0.5) is 5.82 Å². The molecule has 0 spiro atoms. The number of aliphatic hydroxyl groups is 1. The van der Waals surface area contributed by atoms with Crippen molar-refractivity contribution >= 4 is 5.82 Å². The first-order valence-electron chi connectivity index (χ1n) is 5.18. The van der Waals surface area contributed by atoms with Gasteiger partial charge in [-0.2, -0.15) is 4.98 Å². The van der Waals surface area contributed by atoms with E-state index in [0.29, 0.717) is 5.88 Å². The molecule has 0 amide bonds. The fourth-order valence-corrected chi connectivity index (χ4v) is 1.80. The van der Waals surface area contributed by atoms with Crippen molar-refractivity contribution in [2.45, 2.75) is 24.8 Å². The van der Waals surface area contributed by atoms with Crippen molar-refractivity contribution in [2.24, 2.45) is 0 Å². The van der Waals surface area contributed by atoms with Crippen molar-refractivity contribution in [1.82, 2.24) is 4.98 Å². The summed E-state index contributed by atoms with van der Waals surface area (Å²) in [6.45, 7) is 0.159. The van der Waals surface area contributed by atoms with Crippen molar-refractivity contribution in [2.75, 3.05) is 19.0 Å². The standard InChI is InChI=1S/C11H16N2O2/c1-15-10-5-2-4-9(12-10)13-11(8-14)6-3-7-11/h2,4-5,14H,3,6-8H2,1H3,(H,12,13). The summed E-state index contributed by atoms with van der Waals surface area (Å²) in [4.78, 5) is 4.26. The molecule has 0 saturated heterocycles. The van der Waals surface area contributed by atoms with E-state index >= 15 is 0 Å². The number of pyridine rings is 1. The third-order valence-electron chi connectivity index (χ3n) is 2.94. The summed E-state index contributed by atoms with van der Waals surface area (Å²) in [6, 6.07) is 5.58. The van der Waals surface area contributed by atoms with Gasteiger partial charge in [0.25, 0.3) is 0 Å². The Labute approximate surface area is 89.3 Å². The lowest BCUT2D eigenvalue weighted by Gasteiger charge is -2.41. The predicted molar refractivity (Wildman–Crippen MR) is 58.1 cm³/mol. The first kappa shape index (κ1) is 10.2. The van der Waals surface area contributed by atoms with Crippen LogP contribution in [-0.2, 0) is 0 Å². The smallest absolute Gasteiger partial charge is 0.214 e. The van der Waals surface area contributed by atoms with E-state index in [-0.39, 0.29) is 12.1 Å². The van der Waals surface area contributed by atoms with E-state index in [1.807, 2.05) is 12.1 Å². The molecule has 1 aromatic heterocycles. The maximum absolute atomic E-state index is 9.30. The molecule has 0 atom stereocenters. The Morgan fingerprint density at radius 3 is 2.87 bits per heavy atom. The van der Waals surface area contributed by atoms with Gasteiger partial charge in [0.2, 0.25) is 5.88 Å². The summed E-state index contributed by atoms with van der Waals surface area (Å²) < 4.78 is 5.04. The molecule has 0 unspecified atom stereocenters. The molecule has 2 rings (SSSR count). The fraction of sp³-hybridized carbons (Fsp3) is 0.545. The molecule has 1 heterocycles. The number of nitrogens with zero attached hydrogens (tertiary/aromatic N) is 1. The summed E-state index contributed by atoms with van der Waals surface area (Å²) in [6.07, 6.45) is 3.17. The van der Waals surface area contributed by atoms with Crippen molar-refractivity contribution < 1.29 is 9.84 Å². The van der Waals surface area contributed by atoms with Gasteiger partial charge in [0.1, 0.15) is 5.82 Å². The Morgan fingerprint density at radius 1 is 1.53 bits per heavy atom. The minimum absolute atomic E-state index is 0.153. The first-order chi connectivity index (χ1) is 7.28. The van der Waals surface area contributed by atoms with Gasteiger partial charge in [0, 0.05) is 6.07 Å². The summed E-state index contributed by atoms with van der Waals surface area (Å²) in [5.41, 5.74) is -0.153. The lowest BCUT2D eigenvalue weighted by molar-refractivity contribution is 0.143. The van der Waals surface area contributed by atoms with Gasteiger partial charge in [0.05, 0.1) is 19.3 Å². The second-order valence-corrected chi connectivity index (χ2v) is 3.98. The quantitative estimate of drug-likeness (QED) is 0.785.